The molecule has 1 aromatic heterocycles. The van der Waals surface area contributed by atoms with E-state index < -0.39 is 5.41 Å². The minimum Gasteiger partial charge on any atom is -0.484 e. The van der Waals surface area contributed by atoms with Crippen molar-refractivity contribution in [3.63, 3.8) is 0 Å². The van der Waals surface area contributed by atoms with Crippen LogP contribution in [0.15, 0.2) is 36.4 Å². The number of nitrogens with two attached hydrogens (primary N) is 2. The number of amides is 1. The third kappa shape index (κ3) is 3.11. The maximum absolute atomic E-state index is 13.3. The number of aromatic amines is 1. The molecule has 1 heterocycles. The third-order valence-electron chi connectivity index (χ3n) is 5.84. The molecule has 0 radical (unpaired) electrons. The fourth-order valence-electron chi connectivity index (χ4n) is 4.09. The molecule has 7 nitrogen and oxygen atoms in total. The van der Waals surface area contributed by atoms with Gasteiger partial charge in [0, 0.05) is 53.4 Å². The number of nitrogens with zero attached hydrogens (tertiary/aromatic N) is 1. The summed E-state index contributed by atoms with van der Waals surface area (Å²) in [5, 5.41) is 0.872. The summed E-state index contributed by atoms with van der Waals surface area (Å²) in [5.41, 5.74) is 15.5. The number of carbonyl (C=O) groups excluding carboxylic acids is 2. The van der Waals surface area contributed by atoms with E-state index in [4.69, 9.17) is 16.2 Å². The van der Waals surface area contributed by atoms with Crippen molar-refractivity contribution in [1.82, 2.24) is 9.88 Å². The number of likely N-dealkylation sites (N-methyl/N-ethyl adjacent to an activating group) is 1. The first-order valence-electron chi connectivity index (χ1n) is 9.91. The van der Waals surface area contributed by atoms with E-state index in [1.807, 2.05) is 24.3 Å². The summed E-state index contributed by atoms with van der Waals surface area (Å²) in [6.45, 7) is 4.93. The number of fused-ring (bicyclic) bond motifs is 4. The number of anilines is 1. The summed E-state index contributed by atoms with van der Waals surface area (Å²) in [5.74, 6) is 0.373. The Morgan fingerprint density at radius 3 is 2.70 bits per heavy atom. The molecular formula is C23H26N4O3. The van der Waals surface area contributed by atoms with E-state index in [9.17, 15) is 9.59 Å². The van der Waals surface area contributed by atoms with Crippen molar-refractivity contribution in [1.29, 1.82) is 0 Å². The quantitative estimate of drug-likeness (QED) is 0.563. The van der Waals surface area contributed by atoms with Crippen molar-refractivity contribution in [2.75, 3.05) is 32.5 Å². The Hall–Kier alpha value is -3.32. The van der Waals surface area contributed by atoms with Gasteiger partial charge in [0.2, 0.25) is 0 Å². The van der Waals surface area contributed by atoms with Gasteiger partial charge in [0.15, 0.2) is 12.4 Å². The molecule has 0 spiro atoms. The van der Waals surface area contributed by atoms with E-state index in [2.05, 4.69) is 18.8 Å². The van der Waals surface area contributed by atoms with E-state index >= 15 is 0 Å². The molecule has 3 aromatic rings. The fourth-order valence-corrected chi connectivity index (χ4v) is 4.09. The van der Waals surface area contributed by atoms with Gasteiger partial charge < -0.3 is 26.1 Å². The number of H-pyrrole nitrogens is 1. The van der Waals surface area contributed by atoms with Crippen LogP contribution < -0.4 is 16.2 Å². The van der Waals surface area contributed by atoms with Crippen LogP contribution in [0, 0.1) is 0 Å². The highest BCUT2D eigenvalue weighted by Gasteiger charge is 2.39. The first-order chi connectivity index (χ1) is 14.2. The van der Waals surface area contributed by atoms with Crippen molar-refractivity contribution in [2.24, 2.45) is 5.73 Å². The molecule has 1 aliphatic rings. The molecule has 4 rings (SSSR count). The number of hydrogen-bond acceptors (Lipinski definition) is 5. The van der Waals surface area contributed by atoms with Crippen LogP contribution in [0.25, 0.3) is 10.9 Å². The normalized spacial score (nSPS) is 14.3. The SMILES string of the molecule is CN(CCN)C(=O)COc1ccc2c(c1)C(C)(C)c1[nH]c3cc(N)ccc3c1C2=O. The number of rotatable bonds is 5. The molecule has 0 saturated heterocycles. The predicted molar refractivity (Wildman–Crippen MR) is 117 cm³/mol. The van der Waals surface area contributed by atoms with Crippen molar-refractivity contribution in [3.8, 4) is 5.75 Å². The van der Waals surface area contributed by atoms with Crippen molar-refractivity contribution in [2.45, 2.75) is 19.3 Å². The summed E-state index contributed by atoms with van der Waals surface area (Å²) < 4.78 is 5.72. The average Bonchev–Trinajstić information content (AvgIpc) is 3.10. The second-order valence-electron chi connectivity index (χ2n) is 8.23. The van der Waals surface area contributed by atoms with Gasteiger partial charge in [-0.15, -0.1) is 0 Å². The van der Waals surface area contributed by atoms with Gasteiger partial charge in [-0.25, -0.2) is 0 Å². The van der Waals surface area contributed by atoms with Gasteiger partial charge in [-0.05, 0) is 35.9 Å². The minimum absolute atomic E-state index is 0.0272. The van der Waals surface area contributed by atoms with Crippen molar-refractivity contribution in [3.05, 3.63) is 58.8 Å². The Labute approximate surface area is 175 Å². The summed E-state index contributed by atoms with van der Waals surface area (Å²) in [4.78, 5) is 30.4. The number of ether oxygens (including phenoxy) is 1. The zero-order valence-corrected chi connectivity index (χ0v) is 17.4. The minimum atomic E-state index is -0.452. The summed E-state index contributed by atoms with van der Waals surface area (Å²) in [7, 11) is 1.69. The van der Waals surface area contributed by atoms with E-state index in [0.29, 0.717) is 35.7 Å². The van der Waals surface area contributed by atoms with E-state index in [1.165, 1.54) is 4.90 Å². The lowest BCUT2D eigenvalue weighted by Gasteiger charge is -2.32. The maximum atomic E-state index is 13.3. The molecule has 0 saturated carbocycles. The van der Waals surface area contributed by atoms with Crippen LogP contribution in [-0.4, -0.2) is 48.3 Å². The number of aromatic nitrogens is 1. The molecule has 2 aromatic carbocycles. The molecule has 0 fully saturated rings. The highest BCUT2D eigenvalue weighted by Crippen LogP contribution is 2.44. The van der Waals surface area contributed by atoms with Gasteiger partial charge in [0.05, 0.1) is 5.56 Å². The molecule has 156 valence electrons. The largest absolute Gasteiger partial charge is 0.484 e. The van der Waals surface area contributed by atoms with Crippen LogP contribution in [0.5, 0.6) is 5.75 Å². The number of carbonyl (C=O) groups is 2. The van der Waals surface area contributed by atoms with Crippen molar-refractivity contribution < 1.29 is 14.3 Å². The van der Waals surface area contributed by atoms with Gasteiger partial charge >= 0.3 is 0 Å². The summed E-state index contributed by atoms with van der Waals surface area (Å²) in [6, 6.07) is 10.9. The Morgan fingerprint density at radius 2 is 1.97 bits per heavy atom. The summed E-state index contributed by atoms with van der Waals surface area (Å²) in [6.07, 6.45) is 0. The molecule has 7 heteroatoms. The molecule has 1 amide bonds. The monoisotopic (exact) mass is 406 g/mol. The van der Waals surface area contributed by atoms with Crippen molar-refractivity contribution >= 4 is 28.3 Å². The maximum Gasteiger partial charge on any atom is 0.260 e. The standard InChI is InChI=1S/C23H26N4O3/c1-23(2)17-11-14(30-12-19(28)27(3)9-8-24)5-7-15(17)21(29)20-16-6-4-13(25)10-18(16)26-22(20)23/h4-7,10-11,26H,8-9,12,24-25H2,1-3H3. The smallest absolute Gasteiger partial charge is 0.260 e. The molecule has 30 heavy (non-hydrogen) atoms. The number of nitrogens with one attached hydrogen (secondary N) is 1. The second kappa shape index (κ2) is 7.18. The first kappa shape index (κ1) is 20.0. The zero-order valence-electron chi connectivity index (χ0n) is 17.4. The molecule has 0 aliphatic heterocycles. The molecule has 0 bridgehead atoms. The first-order valence-corrected chi connectivity index (χ1v) is 9.91. The lowest BCUT2D eigenvalue weighted by Crippen LogP contribution is -2.35. The highest BCUT2D eigenvalue weighted by molar-refractivity contribution is 6.20. The molecular weight excluding hydrogens is 380 g/mol. The number of nitrogen functional groups attached to an aromatic ring is 1. The van der Waals surface area contributed by atoms with Crippen LogP contribution in [-0.2, 0) is 10.2 Å². The topological polar surface area (TPSA) is 114 Å². The Kier molecular flexibility index (Phi) is 4.78. The Bertz CT molecular complexity index is 1160. The summed E-state index contributed by atoms with van der Waals surface area (Å²) >= 11 is 0. The van der Waals surface area contributed by atoms with E-state index in [1.54, 1.807) is 19.2 Å². The van der Waals surface area contributed by atoms with Crippen LogP contribution >= 0.6 is 0 Å². The number of hydrogen-bond donors (Lipinski definition) is 3. The number of ketones is 1. The highest BCUT2D eigenvalue weighted by atomic mass is 16.5. The van der Waals surface area contributed by atoms with Gasteiger partial charge in [0.25, 0.3) is 5.91 Å². The fraction of sp³-hybridized carbons (Fsp3) is 0.304. The predicted octanol–water partition coefficient (Wildman–Crippen LogP) is 2.42. The van der Waals surface area contributed by atoms with Crippen LogP contribution in [0.2, 0.25) is 0 Å². The van der Waals surface area contributed by atoms with Crippen LogP contribution in [0.3, 0.4) is 0 Å². The van der Waals surface area contributed by atoms with Crippen LogP contribution in [0.1, 0.15) is 41.0 Å². The zero-order chi connectivity index (χ0) is 21.6. The Morgan fingerprint density at radius 1 is 1.20 bits per heavy atom. The van der Waals surface area contributed by atoms with Gasteiger partial charge in [-0.2, -0.15) is 0 Å². The lowest BCUT2D eigenvalue weighted by atomic mass is 9.71. The van der Waals surface area contributed by atoms with E-state index in [-0.39, 0.29) is 18.3 Å². The molecule has 5 N–H and O–H groups in total. The molecule has 0 atom stereocenters. The third-order valence-corrected chi connectivity index (χ3v) is 5.84. The Balaban J connectivity index is 1.70. The second-order valence-corrected chi connectivity index (χ2v) is 8.23. The average molecular weight is 406 g/mol. The van der Waals surface area contributed by atoms with Gasteiger partial charge in [-0.3, -0.25) is 9.59 Å². The molecule has 0 unspecified atom stereocenters. The lowest BCUT2D eigenvalue weighted by molar-refractivity contribution is -0.131. The molecule has 1 aliphatic carbocycles. The van der Waals surface area contributed by atoms with Gasteiger partial charge in [0.1, 0.15) is 5.75 Å². The van der Waals surface area contributed by atoms with Gasteiger partial charge in [-0.1, -0.05) is 19.9 Å². The van der Waals surface area contributed by atoms with Crippen LogP contribution in [0.4, 0.5) is 5.69 Å². The van der Waals surface area contributed by atoms with E-state index in [0.717, 1.165) is 22.2 Å². The number of benzene rings is 2.